The monoisotopic (exact) mass is 553 g/mol. The summed E-state index contributed by atoms with van der Waals surface area (Å²) in [7, 11) is 1.65. The first-order chi connectivity index (χ1) is 19.5. The van der Waals surface area contributed by atoms with E-state index >= 15 is 0 Å². The zero-order valence-corrected chi connectivity index (χ0v) is 22.9. The number of carbonyl (C=O) groups excluding carboxylic acids is 2. The lowest BCUT2D eigenvalue weighted by molar-refractivity contribution is -0.133. The van der Waals surface area contributed by atoms with E-state index in [1.54, 1.807) is 24.8 Å². The van der Waals surface area contributed by atoms with Crippen molar-refractivity contribution in [3.05, 3.63) is 75.9 Å². The fourth-order valence-corrected chi connectivity index (χ4v) is 7.26. The fourth-order valence-electron chi connectivity index (χ4n) is 5.99. The molecule has 2 amide bonds. The van der Waals surface area contributed by atoms with Crippen molar-refractivity contribution in [1.29, 1.82) is 0 Å². The van der Waals surface area contributed by atoms with Crippen molar-refractivity contribution in [2.24, 2.45) is 10.9 Å². The van der Waals surface area contributed by atoms with Crippen molar-refractivity contribution >= 4 is 51.3 Å². The number of carbonyl (C=O) groups is 2. The molecule has 1 N–H and O–H groups in total. The number of hydrogen-bond donors (Lipinski definition) is 1. The van der Waals surface area contributed by atoms with Gasteiger partial charge in [0.25, 0.3) is 0 Å². The van der Waals surface area contributed by atoms with E-state index in [9.17, 15) is 9.59 Å². The van der Waals surface area contributed by atoms with E-state index in [0.717, 1.165) is 48.8 Å². The minimum atomic E-state index is -0.570. The SMILES string of the molecule is COc1cc2c(cc1Nc1ncnc3sc4c(c13)CC[C@H](C(=O)N1C(=O)O[C@H](c3ccccc3)[C@@H]1C)C4)C=NC2. The van der Waals surface area contributed by atoms with E-state index < -0.39 is 12.2 Å². The second kappa shape index (κ2) is 9.71. The highest BCUT2D eigenvalue weighted by Crippen LogP contribution is 2.43. The molecule has 1 fully saturated rings. The number of thiophene rings is 1. The molecule has 2 aromatic heterocycles. The number of amides is 2. The van der Waals surface area contributed by atoms with Crippen LogP contribution < -0.4 is 10.1 Å². The van der Waals surface area contributed by atoms with Gasteiger partial charge in [0.1, 0.15) is 28.8 Å². The first kappa shape index (κ1) is 24.7. The maximum Gasteiger partial charge on any atom is 0.417 e. The minimum absolute atomic E-state index is 0.173. The van der Waals surface area contributed by atoms with Crippen LogP contribution in [0.15, 0.2) is 53.8 Å². The standard InChI is InChI=1S/C30H27N5O4S/c1-16-26(17-6-4-3-5-7-17)39-30(37)35(16)29(36)18-8-9-21-24(12-18)40-28-25(21)27(32-15-33-28)34-22-10-19-13-31-14-20(19)11-23(22)38-2/h3-7,10-11,13,15-16,18,26H,8-9,12,14H2,1-2H3,(H,32,33,34)/t16-,18-,26-/m0/s1. The number of rotatable bonds is 5. The van der Waals surface area contributed by atoms with Crippen LogP contribution in [0.5, 0.6) is 5.75 Å². The molecule has 3 atom stereocenters. The van der Waals surface area contributed by atoms with Gasteiger partial charge in [-0.25, -0.2) is 19.7 Å². The lowest BCUT2D eigenvalue weighted by Crippen LogP contribution is -2.43. The summed E-state index contributed by atoms with van der Waals surface area (Å²) in [5, 5.41) is 4.45. The van der Waals surface area contributed by atoms with E-state index in [0.29, 0.717) is 31.6 Å². The molecule has 4 heterocycles. The number of nitrogens with zero attached hydrogens (tertiary/aromatic N) is 4. The Morgan fingerprint density at radius 1 is 1.20 bits per heavy atom. The van der Waals surface area contributed by atoms with Crippen molar-refractivity contribution in [3.63, 3.8) is 0 Å². The Morgan fingerprint density at radius 2 is 2.05 bits per heavy atom. The lowest BCUT2D eigenvalue weighted by atomic mass is 9.86. The molecule has 4 aromatic rings. The molecule has 202 valence electrons. The van der Waals surface area contributed by atoms with Crippen LogP contribution in [0.2, 0.25) is 0 Å². The quantitative estimate of drug-likeness (QED) is 0.343. The molecule has 10 heteroatoms. The van der Waals surface area contributed by atoms with Crippen molar-refractivity contribution in [2.75, 3.05) is 12.4 Å². The fraction of sp³-hybridized carbons (Fsp3) is 0.300. The number of ether oxygens (including phenoxy) is 2. The van der Waals surface area contributed by atoms with Crippen LogP contribution in [-0.4, -0.2) is 46.2 Å². The van der Waals surface area contributed by atoms with Crippen molar-refractivity contribution in [2.45, 2.75) is 44.9 Å². The van der Waals surface area contributed by atoms with Crippen LogP contribution in [0.3, 0.4) is 0 Å². The summed E-state index contributed by atoms with van der Waals surface area (Å²) in [5.41, 5.74) is 5.05. The second-order valence-corrected chi connectivity index (χ2v) is 11.4. The predicted molar refractivity (Wildman–Crippen MR) is 152 cm³/mol. The van der Waals surface area contributed by atoms with E-state index in [2.05, 4.69) is 20.3 Å². The Balaban J connectivity index is 1.15. The molecule has 0 bridgehead atoms. The Hall–Kier alpha value is -4.31. The molecule has 0 saturated carbocycles. The zero-order chi connectivity index (χ0) is 27.4. The minimum Gasteiger partial charge on any atom is -0.495 e. The van der Waals surface area contributed by atoms with Crippen molar-refractivity contribution in [1.82, 2.24) is 14.9 Å². The number of cyclic esters (lactones) is 1. The average molecular weight is 554 g/mol. The number of methoxy groups -OCH3 is 1. The topological polar surface area (TPSA) is 106 Å². The number of aryl methyl sites for hydroxylation is 1. The maximum atomic E-state index is 13.7. The largest absolute Gasteiger partial charge is 0.495 e. The van der Waals surface area contributed by atoms with E-state index in [1.165, 1.54) is 4.90 Å². The normalized spacial score (nSPS) is 21.3. The molecule has 3 aliphatic rings. The Kier molecular flexibility index (Phi) is 6.00. The Labute approximate surface area is 234 Å². The van der Waals surface area contributed by atoms with Crippen LogP contribution in [0.1, 0.15) is 46.6 Å². The van der Waals surface area contributed by atoms with Gasteiger partial charge in [-0.05, 0) is 60.6 Å². The molecular formula is C30H27N5O4S. The summed E-state index contributed by atoms with van der Waals surface area (Å²) >= 11 is 1.59. The Bertz CT molecular complexity index is 1680. The molecule has 9 nitrogen and oxygen atoms in total. The number of imide groups is 1. The summed E-state index contributed by atoms with van der Waals surface area (Å²) in [4.78, 5) is 43.3. The number of benzene rings is 2. The summed E-state index contributed by atoms with van der Waals surface area (Å²) < 4.78 is 11.3. The van der Waals surface area contributed by atoms with Gasteiger partial charge < -0.3 is 14.8 Å². The van der Waals surface area contributed by atoms with Crippen LogP contribution in [0.4, 0.5) is 16.3 Å². The van der Waals surface area contributed by atoms with Crippen LogP contribution in [0, 0.1) is 5.92 Å². The molecule has 7 rings (SSSR count). The van der Waals surface area contributed by atoms with Crippen molar-refractivity contribution in [3.8, 4) is 5.75 Å². The number of aromatic nitrogens is 2. The lowest BCUT2D eigenvalue weighted by Gasteiger charge is -2.27. The third-order valence-electron chi connectivity index (χ3n) is 8.04. The summed E-state index contributed by atoms with van der Waals surface area (Å²) in [6.45, 7) is 2.53. The van der Waals surface area contributed by atoms with E-state index in [1.807, 2.05) is 55.6 Å². The molecule has 1 aliphatic carbocycles. The number of aliphatic imine (C=N–C) groups is 1. The molecule has 0 unspecified atom stereocenters. The highest BCUT2D eigenvalue weighted by molar-refractivity contribution is 7.19. The smallest absolute Gasteiger partial charge is 0.417 e. The van der Waals surface area contributed by atoms with Gasteiger partial charge in [-0.3, -0.25) is 9.79 Å². The molecule has 2 aliphatic heterocycles. The number of hydrogen-bond acceptors (Lipinski definition) is 9. The van der Waals surface area contributed by atoms with Gasteiger partial charge in [-0.2, -0.15) is 0 Å². The van der Waals surface area contributed by atoms with Gasteiger partial charge in [0.15, 0.2) is 0 Å². The van der Waals surface area contributed by atoms with Gasteiger partial charge in [0.2, 0.25) is 5.91 Å². The maximum absolute atomic E-state index is 13.7. The van der Waals surface area contributed by atoms with Crippen molar-refractivity contribution < 1.29 is 19.1 Å². The third kappa shape index (κ3) is 4.02. The summed E-state index contributed by atoms with van der Waals surface area (Å²) in [6.07, 6.45) is 4.28. The van der Waals surface area contributed by atoms with E-state index in [-0.39, 0.29) is 17.9 Å². The third-order valence-corrected chi connectivity index (χ3v) is 9.20. The zero-order valence-electron chi connectivity index (χ0n) is 22.1. The number of fused-ring (bicyclic) bond motifs is 4. The molecular weight excluding hydrogens is 526 g/mol. The predicted octanol–water partition coefficient (Wildman–Crippen LogP) is 5.59. The summed E-state index contributed by atoms with van der Waals surface area (Å²) in [5.74, 6) is 0.965. The van der Waals surface area contributed by atoms with Crippen LogP contribution in [-0.2, 0) is 28.9 Å². The highest BCUT2D eigenvalue weighted by Gasteiger charge is 2.46. The van der Waals surface area contributed by atoms with Gasteiger partial charge in [0.05, 0.1) is 30.8 Å². The molecule has 1 saturated heterocycles. The molecule has 0 radical (unpaired) electrons. The molecule has 40 heavy (non-hydrogen) atoms. The average Bonchev–Trinajstić information content (AvgIpc) is 3.67. The van der Waals surface area contributed by atoms with Gasteiger partial charge in [0, 0.05) is 17.0 Å². The number of anilines is 2. The highest BCUT2D eigenvalue weighted by atomic mass is 32.1. The van der Waals surface area contributed by atoms with Gasteiger partial charge in [-0.15, -0.1) is 11.3 Å². The van der Waals surface area contributed by atoms with Crippen LogP contribution in [0.25, 0.3) is 10.2 Å². The molecule has 0 spiro atoms. The van der Waals surface area contributed by atoms with E-state index in [4.69, 9.17) is 9.47 Å². The van der Waals surface area contributed by atoms with Crippen LogP contribution >= 0.6 is 11.3 Å². The second-order valence-electron chi connectivity index (χ2n) is 10.4. The first-order valence-electron chi connectivity index (χ1n) is 13.3. The Morgan fingerprint density at radius 3 is 2.88 bits per heavy atom. The summed E-state index contributed by atoms with van der Waals surface area (Å²) in [6, 6.07) is 13.2. The van der Waals surface area contributed by atoms with Gasteiger partial charge in [-0.1, -0.05) is 30.3 Å². The molecule has 2 aromatic carbocycles. The first-order valence-corrected chi connectivity index (χ1v) is 14.1. The van der Waals surface area contributed by atoms with Gasteiger partial charge >= 0.3 is 6.09 Å². The number of nitrogens with one attached hydrogen (secondary N) is 1.